The molecule has 1 saturated heterocycles. The average molecular weight is 403 g/mol. The minimum absolute atomic E-state index is 0.113. The Kier molecular flexibility index (Phi) is 7.56. The summed E-state index contributed by atoms with van der Waals surface area (Å²) in [5.41, 5.74) is 4.40. The number of hydrogen-bond acceptors (Lipinski definition) is 4. The fraction of sp³-hybridized carbons (Fsp3) is 0.870. The van der Waals surface area contributed by atoms with Crippen molar-refractivity contribution in [2.75, 3.05) is 19.6 Å². The molecule has 0 radical (unpaired) electrons. The highest BCUT2D eigenvalue weighted by Crippen LogP contribution is 2.40. The molecule has 2 amide bonds. The van der Waals surface area contributed by atoms with E-state index in [9.17, 15) is 14.9 Å². The van der Waals surface area contributed by atoms with Gasteiger partial charge in [0, 0.05) is 31.5 Å². The molecule has 3 aliphatic rings. The lowest BCUT2D eigenvalue weighted by Gasteiger charge is -2.40. The molecular formula is C23H38N4O2. The molecule has 0 aromatic rings. The van der Waals surface area contributed by atoms with Gasteiger partial charge in [-0.05, 0) is 50.9 Å². The predicted molar refractivity (Wildman–Crippen MR) is 113 cm³/mol. The van der Waals surface area contributed by atoms with Gasteiger partial charge in [0.25, 0.3) is 0 Å². The quantitative estimate of drug-likeness (QED) is 0.683. The molecule has 0 aromatic carbocycles. The van der Waals surface area contributed by atoms with E-state index in [1.165, 1.54) is 32.1 Å². The first-order valence-electron chi connectivity index (χ1n) is 11.7. The van der Waals surface area contributed by atoms with Crippen LogP contribution in [0.25, 0.3) is 0 Å². The van der Waals surface area contributed by atoms with E-state index < -0.39 is 11.0 Å². The number of nitriles is 1. The minimum Gasteiger partial charge on any atom is -0.369 e. The highest BCUT2D eigenvalue weighted by Gasteiger charge is 2.40. The lowest BCUT2D eigenvalue weighted by molar-refractivity contribution is -0.131. The molecule has 6 nitrogen and oxygen atoms in total. The van der Waals surface area contributed by atoms with Crippen LogP contribution in [0.2, 0.25) is 0 Å². The second-order valence-electron chi connectivity index (χ2n) is 9.75. The number of rotatable bonds is 7. The van der Waals surface area contributed by atoms with Crippen LogP contribution in [0, 0.1) is 22.7 Å². The van der Waals surface area contributed by atoms with Gasteiger partial charge in [0.05, 0.1) is 6.07 Å². The van der Waals surface area contributed by atoms with Crippen LogP contribution in [0.1, 0.15) is 89.9 Å². The number of primary amides is 1. The molecular weight excluding hydrogens is 364 g/mol. The number of likely N-dealkylation sites (tertiary alicyclic amines) is 1. The van der Waals surface area contributed by atoms with Crippen LogP contribution in [-0.2, 0) is 9.59 Å². The molecule has 1 heterocycles. The zero-order chi connectivity index (χ0) is 20.7. The molecule has 3 fully saturated rings. The third-order valence-corrected chi connectivity index (χ3v) is 7.71. The summed E-state index contributed by atoms with van der Waals surface area (Å²) in [6.45, 7) is 2.88. The number of nitrogens with two attached hydrogens (primary N) is 1. The fourth-order valence-corrected chi connectivity index (χ4v) is 5.65. The maximum absolute atomic E-state index is 12.7. The van der Waals surface area contributed by atoms with Crippen molar-refractivity contribution in [1.82, 2.24) is 10.2 Å². The average Bonchev–Trinajstić information content (AvgIpc) is 2.75. The number of hydrogen-bond donors (Lipinski definition) is 2. The number of amides is 2. The van der Waals surface area contributed by atoms with Crippen molar-refractivity contribution < 1.29 is 9.59 Å². The summed E-state index contributed by atoms with van der Waals surface area (Å²) in [6.07, 6.45) is 13.6. The van der Waals surface area contributed by atoms with E-state index in [-0.39, 0.29) is 18.2 Å². The smallest absolute Gasteiger partial charge is 0.223 e. The first-order chi connectivity index (χ1) is 14.0. The van der Waals surface area contributed by atoms with Crippen molar-refractivity contribution in [2.24, 2.45) is 17.1 Å². The van der Waals surface area contributed by atoms with E-state index in [4.69, 9.17) is 5.73 Å². The molecule has 0 bridgehead atoms. The lowest BCUT2D eigenvalue weighted by Crippen LogP contribution is -2.55. The third kappa shape index (κ3) is 5.72. The Morgan fingerprint density at radius 3 is 2.21 bits per heavy atom. The summed E-state index contributed by atoms with van der Waals surface area (Å²) in [5.74, 6) is 0.419. The third-order valence-electron chi connectivity index (χ3n) is 7.71. The van der Waals surface area contributed by atoms with Crippen LogP contribution in [0.5, 0.6) is 0 Å². The van der Waals surface area contributed by atoms with Gasteiger partial charge in [-0.3, -0.25) is 9.59 Å². The van der Waals surface area contributed by atoms with Crippen LogP contribution < -0.4 is 11.1 Å². The van der Waals surface area contributed by atoms with Crippen LogP contribution in [0.15, 0.2) is 0 Å². The molecule has 0 unspecified atom stereocenters. The summed E-state index contributed by atoms with van der Waals surface area (Å²) >= 11 is 0. The number of carbonyl (C=O) groups excluding carboxylic acids is 2. The summed E-state index contributed by atoms with van der Waals surface area (Å²) in [7, 11) is 0. The van der Waals surface area contributed by atoms with Crippen molar-refractivity contribution in [1.29, 1.82) is 5.26 Å². The van der Waals surface area contributed by atoms with Crippen LogP contribution in [-0.4, -0.2) is 41.9 Å². The van der Waals surface area contributed by atoms with Gasteiger partial charge >= 0.3 is 0 Å². The second-order valence-corrected chi connectivity index (χ2v) is 9.75. The Morgan fingerprint density at radius 1 is 1.00 bits per heavy atom. The number of carbonyl (C=O) groups is 2. The summed E-state index contributed by atoms with van der Waals surface area (Å²) in [5, 5.41) is 12.8. The number of nitrogens with one attached hydrogen (secondary N) is 1. The van der Waals surface area contributed by atoms with E-state index in [1.54, 1.807) is 0 Å². The zero-order valence-corrected chi connectivity index (χ0v) is 17.9. The maximum Gasteiger partial charge on any atom is 0.223 e. The molecule has 0 aromatic heterocycles. The van der Waals surface area contributed by atoms with Gasteiger partial charge in [-0.25, -0.2) is 0 Å². The van der Waals surface area contributed by atoms with Gasteiger partial charge in [-0.1, -0.05) is 38.5 Å². The van der Waals surface area contributed by atoms with Crippen LogP contribution >= 0.6 is 0 Å². The van der Waals surface area contributed by atoms with Gasteiger partial charge < -0.3 is 16.0 Å². The molecule has 2 aliphatic carbocycles. The van der Waals surface area contributed by atoms with Gasteiger partial charge in [0.1, 0.15) is 5.54 Å². The van der Waals surface area contributed by atoms with Crippen molar-refractivity contribution >= 4 is 11.8 Å². The molecule has 3 N–H and O–H groups in total. The molecule has 0 spiro atoms. The van der Waals surface area contributed by atoms with Gasteiger partial charge in [-0.2, -0.15) is 5.26 Å². The standard InChI is InChI=1S/C23H38N4O2/c24-18-23(13-15-27(16-14-23)17-19-7-3-1-4-8-19)26-20(28)9-12-22(21(25)29)10-5-2-6-11-22/h19H,1-17H2,(H2,25,29)(H,26,28). The fourth-order valence-electron chi connectivity index (χ4n) is 5.65. The molecule has 29 heavy (non-hydrogen) atoms. The van der Waals surface area contributed by atoms with E-state index in [1.807, 2.05) is 0 Å². The van der Waals surface area contributed by atoms with Crippen LogP contribution in [0.3, 0.4) is 0 Å². The van der Waals surface area contributed by atoms with Crippen LogP contribution in [0.4, 0.5) is 0 Å². The first kappa shape index (κ1) is 22.1. The summed E-state index contributed by atoms with van der Waals surface area (Å²) in [6, 6.07) is 2.39. The molecule has 6 heteroatoms. The normalized spacial score (nSPS) is 25.1. The van der Waals surface area contributed by atoms with Gasteiger partial charge in [0.2, 0.25) is 11.8 Å². The van der Waals surface area contributed by atoms with E-state index >= 15 is 0 Å². The maximum atomic E-state index is 12.7. The Labute approximate surface area is 175 Å². The second kappa shape index (κ2) is 9.93. The van der Waals surface area contributed by atoms with Gasteiger partial charge in [0.15, 0.2) is 0 Å². The topological polar surface area (TPSA) is 99.2 Å². The highest BCUT2D eigenvalue weighted by molar-refractivity contribution is 5.83. The largest absolute Gasteiger partial charge is 0.369 e. The minimum atomic E-state index is -0.757. The monoisotopic (exact) mass is 402 g/mol. The molecule has 162 valence electrons. The SMILES string of the molecule is N#CC1(NC(=O)CCC2(C(N)=O)CCCCC2)CCN(CC2CCCCC2)CC1. The Hall–Kier alpha value is -1.61. The summed E-state index contributed by atoms with van der Waals surface area (Å²) < 4.78 is 0. The Bertz CT molecular complexity index is 607. The molecule has 2 saturated carbocycles. The summed E-state index contributed by atoms with van der Waals surface area (Å²) in [4.78, 5) is 27.2. The van der Waals surface area contributed by atoms with E-state index in [0.29, 0.717) is 19.3 Å². The Morgan fingerprint density at radius 2 is 1.62 bits per heavy atom. The number of nitrogens with zero attached hydrogens (tertiary/aromatic N) is 2. The van der Waals surface area contributed by atoms with Gasteiger partial charge in [-0.15, -0.1) is 0 Å². The van der Waals surface area contributed by atoms with Crippen molar-refractivity contribution in [3.63, 3.8) is 0 Å². The lowest BCUT2D eigenvalue weighted by atomic mass is 9.70. The predicted octanol–water partition coefficient (Wildman–Crippen LogP) is 3.26. The Balaban J connectivity index is 1.47. The molecule has 0 atom stereocenters. The molecule has 3 rings (SSSR count). The molecule has 1 aliphatic heterocycles. The van der Waals surface area contributed by atoms with E-state index in [2.05, 4.69) is 16.3 Å². The first-order valence-corrected chi connectivity index (χ1v) is 11.7. The van der Waals surface area contributed by atoms with E-state index in [0.717, 1.165) is 57.7 Å². The van der Waals surface area contributed by atoms with Crippen molar-refractivity contribution in [3.8, 4) is 6.07 Å². The van der Waals surface area contributed by atoms with Crippen molar-refractivity contribution in [2.45, 2.75) is 95.4 Å². The number of piperidine rings is 1. The zero-order valence-electron chi connectivity index (χ0n) is 17.9. The van der Waals surface area contributed by atoms with Crippen molar-refractivity contribution in [3.05, 3.63) is 0 Å². The highest BCUT2D eigenvalue weighted by atomic mass is 16.2.